The first-order valence-corrected chi connectivity index (χ1v) is 11.1. The van der Waals surface area contributed by atoms with Crippen molar-refractivity contribution in [2.45, 2.75) is 6.42 Å². The Morgan fingerprint density at radius 1 is 1.10 bits per heavy atom. The third-order valence-electron chi connectivity index (χ3n) is 3.79. The first-order valence-electron chi connectivity index (χ1n) is 8.65. The van der Waals surface area contributed by atoms with E-state index in [9.17, 15) is 17.6 Å². The van der Waals surface area contributed by atoms with E-state index < -0.39 is 10.0 Å². The number of nitrogens with zero attached hydrogens (tertiary/aromatic N) is 1. The molecule has 0 spiro atoms. The second-order valence-electron chi connectivity index (χ2n) is 6.00. The maximum atomic E-state index is 13.0. The Kier molecular flexibility index (Phi) is 6.86. The van der Waals surface area contributed by atoms with Crippen LogP contribution in [0.25, 0.3) is 17.3 Å². The van der Waals surface area contributed by atoms with Crippen molar-refractivity contribution in [1.82, 2.24) is 9.71 Å². The fraction of sp³-hybridized carbons (Fsp3) is 0.100. The molecule has 1 amide bonds. The predicted molar refractivity (Wildman–Crippen MR) is 113 cm³/mol. The van der Waals surface area contributed by atoms with E-state index in [1.54, 1.807) is 29.6 Å². The second kappa shape index (κ2) is 9.55. The van der Waals surface area contributed by atoms with Gasteiger partial charge >= 0.3 is 0 Å². The molecular weight excluding hydrogens is 413 g/mol. The van der Waals surface area contributed by atoms with E-state index in [1.807, 2.05) is 18.2 Å². The summed E-state index contributed by atoms with van der Waals surface area (Å²) in [5, 5.41) is 5.83. The Morgan fingerprint density at radius 3 is 2.55 bits per heavy atom. The zero-order valence-corrected chi connectivity index (χ0v) is 16.8. The molecule has 3 aromatic rings. The lowest BCUT2D eigenvalue weighted by atomic mass is 10.2. The lowest BCUT2D eigenvalue weighted by Gasteiger charge is -2.03. The van der Waals surface area contributed by atoms with Crippen LogP contribution in [0.15, 0.2) is 65.4 Å². The minimum absolute atomic E-state index is 0.0378. The first kappa shape index (κ1) is 20.8. The number of benzene rings is 2. The number of nitrogens with one attached hydrogen (secondary N) is 2. The van der Waals surface area contributed by atoms with Gasteiger partial charge < -0.3 is 5.32 Å². The molecule has 150 valence electrons. The van der Waals surface area contributed by atoms with Crippen LogP contribution in [0.1, 0.15) is 12.0 Å². The number of hydrogen-bond acceptors (Lipinski definition) is 5. The molecule has 0 atom stereocenters. The van der Waals surface area contributed by atoms with Crippen LogP contribution in [-0.4, -0.2) is 25.9 Å². The monoisotopic (exact) mass is 431 g/mol. The SMILES string of the molecule is O=C(CCNS(=O)(=O)/C=C/c1ccccc1)Nc1nc(-c2ccc(F)cc2)cs1. The molecule has 0 saturated carbocycles. The number of carbonyl (C=O) groups is 1. The summed E-state index contributed by atoms with van der Waals surface area (Å²) in [7, 11) is -3.64. The van der Waals surface area contributed by atoms with Crippen LogP contribution in [0.3, 0.4) is 0 Å². The zero-order chi connectivity index (χ0) is 20.7. The van der Waals surface area contributed by atoms with Gasteiger partial charge in [-0.05, 0) is 35.9 Å². The molecule has 1 aromatic heterocycles. The van der Waals surface area contributed by atoms with Crippen LogP contribution in [0, 0.1) is 5.82 Å². The van der Waals surface area contributed by atoms with Gasteiger partial charge in [-0.25, -0.2) is 22.5 Å². The Morgan fingerprint density at radius 2 is 1.83 bits per heavy atom. The van der Waals surface area contributed by atoms with Crippen molar-refractivity contribution in [3.05, 3.63) is 76.8 Å². The highest BCUT2D eigenvalue weighted by atomic mass is 32.2. The Balaban J connectivity index is 1.47. The first-order chi connectivity index (χ1) is 13.9. The highest BCUT2D eigenvalue weighted by Gasteiger charge is 2.10. The standard InChI is InChI=1S/C20H18FN3O3S2/c21-17-8-6-16(7-9-17)18-14-28-20(23-18)24-19(25)10-12-22-29(26,27)13-11-15-4-2-1-3-5-15/h1-9,11,13-14,22H,10,12H2,(H,23,24,25)/b13-11+. The van der Waals surface area contributed by atoms with Crippen LogP contribution in [0.4, 0.5) is 9.52 Å². The fourth-order valence-electron chi connectivity index (χ4n) is 2.35. The molecule has 0 aliphatic carbocycles. The van der Waals surface area contributed by atoms with Crippen LogP contribution < -0.4 is 10.0 Å². The van der Waals surface area contributed by atoms with Crippen LogP contribution in [0.5, 0.6) is 0 Å². The minimum Gasteiger partial charge on any atom is -0.302 e. The van der Waals surface area contributed by atoms with E-state index in [2.05, 4.69) is 15.0 Å². The number of anilines is 1. The molecule has 0 aliphatic rings. The van der Waals surface area contributed by atoms with Gasteiger partial charge in [-0.15, -0.1) is 11.3 Å². The van der Waals surface area contributed by atoms with Crippen LogP contribution in [0.2, 0.25) is 0 Å². The summed E-state index contributed by atoms with van der Waals surface area (Å²) in [5.41, 5.74) is 2.12. The van der Waals surface area contributed by atoms with Gasteiger partial charge in [0.15, 0.2) is 5.13 Å². The van der Waals surface area contributed by atoms with E-state index in [1.165, 1.54) is 29.5 Å². The lowest BCUT2D eigenvalue weighted by molar-refractivity contribution is -0.116. The van der Waals surface area contributed by atoms with Crippen molar-refractivity contribution in [2.24, 2.45) is 0 Å². The minimum atomic E-state index is -3.64. The fourth-order valence-corrected chi connectivity index (χ4v) is 3.91. The van der Waals surface area contributed by atoms with Crippen LogP contribution >= 0.6 is 11.3 Å². The van der Waals surface area contributed by atoms with Crippen LogP contribution in [-0.2, 0) is 14.8 Å². The highest BCUT2D eigenvalue weighted by Crippen LogP contribution is 2.25. The number of hydrogen-bond donors (Lipinski definition) is 2. The maximum Gasteiger partial charge on any atom is 0.233 e. The summed E-state index contributed by atoms with van der Waals surface area (Å²) in [6.07, 6.45) is 1.44. The predicted octanol–water partition coefficient (Wildman–Crippen LogP) is 3.87. The molecule has 0 unspecified atom stereocenters. The molecule has 0 saturated heterocycles. The van der Waals surface area contributed by atoms with Crippen molar-refractivity contribution in [2.75, 3.05) is 11.9 Å². The summed E-state index contributed by atoms with van der Waals surface area (Å²) in [6.45, 7) is -0.0382. The van der Waals surface area contributed by atoms with Gasteiger partial charge in [-0.3, -0.25) is 4.79 Å². The van der Waals surface area contributed by atoms with E-state index in [0.29, 0.717) is 10.8 Å². The molecule has 2 aromatic carbocycles. The average molecular weight is 432 g/mol. The van der Waals surface area contributed by atoms with Crippen molar-refractivity contribution < 1.29 is 17.6 Å². The normalized spacial score (nSPS) is 11.6. The summed E-state index contributed by atoms with van der Waals surface area (Å²) < 4.78 is 39.3. The summed E-state index contributed by atoms with van der Waals surface area (Å²) >= 11 is 1.24. The lowest BCUT2D eigenvalue weighted by Crippen LogP contribution is -2.26. The summed E-state index contributed by atoms with van der Waals surface area (Å²) in [6, 6.07) is 14.9. The topological polar surface area (TPSA) is 88.2 Å². The number of carbonyl (C=O) groups excluding carboxylic acids is 1. The summed E-state index contributed by atoms with van der Waals surface area (Å²) in [4.78, 5) is 16.3. The van der Waals surface area contributed by atoms with E-state index >= 15 is 0 Å². The number of rotatable bonds is 8. The highest BCUT2D eigenvalue weighted by molar-refractivity contribution is 7.92. The molecule has 9 heteroatoms. The van der Waals surface area contributed by atoms with Crippen molar-refractivity contribution in [3.8, 4) is 11.3 Å². The Hall–Kier alpha value is -2.88. The molecule has 0 aliphatic heterocycles. The zero-order valence-electron chi connectivity index (χ0n) is 15.2. The van der Waals surface area contributed by atoms with E-state index in [0.717, 1.165) is 16.5 Å². The smallest absolute Gasteiger partial charge is 0.233 e. The molecule has 0 radical (unpaired) electrons. The Bertz CT molecular complexity index is 1100. The maximum absolute atomic E-state index is 13.0. The van der Waals surface area contributed by atoms with Gasteiger partial charge in [0.2, 0.25) is 15.9 Å². The quantitative estimate of drug-likeness (QED) is 0.567. The van der Waals surface area contributed by atoms with Gasteiger partial charge in [-0.2, -0.15) is 0 Å². The number of thiazole rings is 1. The van der Waals surface area contributed by atoms with E-state index in [-0.39, 0.29) is 24.7 Å². The van der Waals surface area contributed by atoms with Crippen molar-refractivity contribution >= 4 is 38.5 Å². The molecule has 0 fully saturated rings. The second-order valence-corrected chi connectivity index (χ2v) is 8.50. The largest absolute Gasteiger partial charge is 0.302 e. The third kappa shape index (κ3) is 6.60. The number of halogens is 1. The van der Waals surface area contributed by atoms with Gasteiger partial charge in [0.1, 0.15) is 5.82 Å². The molecule has 1 heterocycles. The molecule has 2 N–H and O–H groups in total. The molecular formula is C20H18FN3O3S2. The van der Waals surface area contributed by atoms with Gasteiger partial charge in [0.25, 0.3) is 0 Å². The van der Waals surface area contributed by atoms with Gasteiger partial charge in [0, 0.05) is 29.3 Å². The average Bonchev–Trinajstić information content (AvgIpc) is 3.16. The number of amides is 1. The van der Waals surface area contributed by atoms with Gasteiger partial charge in [-0.1, -0.05) is 30.3 Å². The van der Waals surface area contributed by atoms with Crippen molar-refractivity contribution in [3.63, 3.8) is 0 Å². The molecule has 0 bridgehead atoms. The van der Waals surface area contributed by atoms with Crippen molar-refractivity contribution in [1.29, 1.82) is 0 Å². The number of aromatic nitrogens is 1. The summed E-state index contributed by atoms with van der Waals surface area (Å²) in [5.74, 6) is -0.696. The van der Waals surface area contributed by atoms with E-state index in [4.69, 9.17) is 0 Å². The Labute approximate surface area is 172 Å². The molecule has 6 nitrogen and oxygen atoms in total. The van der Waals surface area contributed by atoms with Gasteiger partial charge in [0.05, 0.1) is 5.69 Å². The third-order valence-corrected chi connectivity index (χ3v) is 5.64. The molecule has 29 heavy (non-hydrogen) atoms. The number of sulfonamides is 1. The molecule has 3 rings (SSSR count).